The van der Waals surface area contributed by atoms with Gasteiger partial charge in [0.2, 0.25) is 0 Å². The van der Waals surface area contributed by atoms with Crippen LogP contribution in [0.5, 0.6) is 0 Å². The molecule has 0 saturated heterocycles. The SMILES string of the molecule is C=CCSCC(NC(=O)c1c(Cl)cccc1Cl)C(=O)O. The molecule has 0 heterocycles. The van der Waals surface area contributed by atoms with Crippen LogP contribution in [-0.2, 0) is 4.79 Å². The number of benzene rings is 1. The number of hydrogen-bond donors (Lipinski definition) is 2. The van der Waals surface area contributed by atoms with Gasteiger partial charge in [0.1, 0.15) is 6.04 Å². The van der Waals surface area contributed by atoms with Crippen molar-refractivity contribution in [1.29, 1.82) is 0 Å². The molecule has 0 aliphatic heterocycles. The minimum atomic E-state index is -1.11. The predicted molar refractivity (Wildman–Crippen MR) is 82.9 cm³/mol. The molecule has 1 rings (SSSR count). The van der Waals surface area contributed by atoms with E-state index in [1.54, 1.807) is 12.1 Å². The van der Waals surface area contributed by atoms with Gasteiger partial charge in [-0.2, -0.15) is 11.8 Å². The summed E-state index contributed by atoms with van der Waals surface area (Å²) in [5.41, 5.74) is 0.0794. The van der Waals surface area contributed by atoms with E-state index >= 15 is 0 Å². The molecule has 0 aliphatic rings. The molecule has 0 radical (unpaired) electrons. The van der Waals surface area contributed by atoms with Gasteiger partial charge in [-0.25, -0.2) is 4.79 Å². The average molecular weight is 334 g/mol. The first-order chi connectivity index (χ1) is 9.47. The summed E-state index contributed by atoms with van der Waals surface area (Å²) in [4.78, 5) is 23.2. The molecule has 20 heavy (non-hydrogen) atoms. The number of thioether (sulfide) groups is 1. The molecule has 0 bridgehead atoms. The summed E-state index contributed by atoms with van der Waals surface area (Å²) >= 11 is 13.2. The number of halogens is 2. The predicted octanol–water partition coefficient (Wildman–Crippen LogP) is 3.10. The van der Waals surface area contributed by atoms with Gasteiger partial charge in [0, 0.05) is 11.5 Å². The van der Waals surface area contributed by atoms with Crippen molar-refractivity contribution in [3.63, 3.8) is 0 Å². The normalized spacial score (nSPS) is 11.7. The van der Waals surface area contributed by atoms with Gasteiger partial charge >= 0.3 is 5.97 Å². The van der Waals surface area contributed by atoms with Crippen LogP contribution in [0.2, 0.25) is 10.0 Å². The molecule has 1 aromatic carbocycles. The monoisotopic (exact) mass is 333 g/mol. The Morgan fingerprint density at radius 1 is 1.40 bits per heavy atom. The summed E-state index contributed by atoms with van der Waals surface area (Å²) in [6.07, 6.45) is 1.66. The average Bonchev–Trinajstić information content (AvgIpc) is 2.37. The quantitative estimate of drug-likeness (QED) is 0.594. The minimum Gasteiger partial charge on any atom is -0.480 e. The number of carboxylic acid groups (broad SMARTS) is 1. The van der Waals surface area contributed by atoms with Crippen LogP contribution < -0.4 is 5.32 Å². The summed E-state index contributed by atoms with van der Waals surface area (Å²) in [6, 6.07) is 3.63. The van der Waals surface area contributed by atoms with Gasteiger partial charge < -0.3 is 10.4 Å². The highest BCUT2D eigenvalue weighted by Crippen LogP contribution is 2.24. The number of carboxylic acids is 1. The van der Waals surface area contributed by atoms with Crippen LogP contribution in [-0.4, -0.2) is 34.5 Å². The third-order valence-electron chi connectivity index (χ3n) is 2.31. The fourth-order valence-corrected chi connectivity index (χ4v) is 2.72. The van der Waals surface area contributed by atoms with Crippen LogP contribution in [0.3, 0.4) is 0 Å². The summed E-state index contributed by atoms with van der Waals surface area (Å²) in [7, 11) is 0. The first-order valence-electron chi connectivity index (χ1n) is 5.63. The zero-order valence-electron chi connectivity index (χ0n) is 10.4. The fraction of sp³-hybridized carbons (Fsp3) is 0.231. The Bertz CT molecular complexity index is 502. The molecule has 2 N–H and O–H groups in total. The van der Waals surface area contributed by atoms with Crippen molar-refractivity contribution in [3.05, 3.63) is 46.5 Å². The molecular formula is C13H13Cl2NO3S. The lowest BCUT2D eigenvalue weighted by atomic mass is 10.2. The highest BCUT2D eigenvalue weighted by Gasteiger charge is 2.23. The second kappa shape index (κ2) is 8.19. The van der Waals surface area contributed by atoms with Crippen LogP contribution in [0, 0.1) is 0 Å². The molecule has 0 fully saturated rings. The van der Waals surface area contributed by atoms with E-state index in [0.29, 0.717) is 5.75 Å². The topological polar surface area (TPSA) is 66.4 Å². The molecule has 0 aromatic heterocycles. The lowest BCUT2D eigenvalue weighted by Gasteiger charge is -2.15. The molecular weight excluding hydrogens is 321 g/mol. The van der Waals surface area contributed by atoms with E-state index in [4.69, 9.17) is 28.3 Å². The van der Waals surface area contributed by atoms with E-state index in [1.165, 1.54) is 23.9 Å². The van der Waals surface area contributed by atoms with E-state index < -0.39 is 17.9 Å². The largest absolute Gasteiger partial charge is 0.480 e. The summed E-state index contributed by atoms with van der Waals surface area (Å²) in [6.45, 7) is 3.54. The Balaban J connectivity index is 2.80. The van der Waals surface area contributed by atoms with E-state index in [0.717, 1.165) is 0 Å². The van der Waals surface area contributed by atoms with Gasteiger partial charge in [0.05, 0.1) is 15.6 Å². The maximum Gasteiger partial charge on any atom is 0.327 e. The molecule has 4 nitrogen and oxygen atoms in total. The summed E-state index contributed by atoms with van der Waals surface area (Å²) < 4.78 is 0. The minimum absolute atomic E-state index is 0.0794. The van der Waals surface area contributed by atoms with Crippen LogP contribution in [0.25, 0.3) is 0 Å². The van der Waals surface area contributed by atoms with Gasteiger partial charge in [-0.15, -0.1) is 6.58 Å². The highest BCUT2D eigenvalue weighted by molar-refractivity contribution is 7.99. The molecule has 0 saturated carbocycles. The zero-order chi connectivity index (χ0) is 15.1. The van der Waals surface area contributed by atoms with E-state index in [2.05, 4.69) is 11.9 Å². The number of nitrogens with one attached hydrogen (secondary N) is 1. The molecule has 0 aliphatic carbocycles. The second-order valence-corrected chi connectivity index (χ2v) is 5.68. The van der Waals surface area contributed by atoms with Gasteiger partial charge in [-0.3, -0.25) is 4.79 Å². The van der Waals surface area contributed by atoms with Crippen molar-refractivity contribution in [3.8, 4) is 0 Å². The van der Waals surface area contributed by atoms with Gasteiger partial charge in [0.25, 0.3) is 5.91 Å². The lowest BCUT2D eigenvalue weighted by Crippen LogP contribution is -2.42. The number of aliphatic carboxylic acids is 1. The van der Waals surface area contributed by atoms with Crippen molar-refractivity contribution < 1.29 is 14.7 Å². The third kappa shape index (κ3) is 4.74. The van der Waals surface area contributed by atoms with Gasteiger partial charge in [-0.05, 0) is 12.1 Å². The Labute approximate surface area is 131 Å². The Morgan fingerprint density at radius 3 is 2.50 bits per heavy atom. The van der Waals surface area contributed by atoms with E-state index in [-0.39, 0.29) is 21.4 Å². The number of rotatable bonds is 7. The maximum absolute atomic E-state index is 12.1. The number of carbonyl (C=O) groups is 2. The number of carbonyl (C=O) groups excluding carboxylic acids is 1. The summed E-state index contributed by atoms with van der Waals surface area (Å²) in [5.74, 6) is -0.882. The molecule has 1 aromatic rings. The molecule has 1 atom stereocenters. The Hall–Kier alpha value is -1.17. The standard InChI is InChI=1S/C13H13Cl2NO3S/c1-2-6-20-7-10(13(18)19)16-12(17)11-8(14)4-3-5-9(11)15/h2-5,10H,1,6-7H2,(H,16,17)(H,18,19). The van der Waals surface area contributed by atoms with Crippen molar-refractivity contribution in [1.82, 2.24) is 5.32 Å². The lowest BCUT2D eigenvalue weighted by molar-refractivity contribution is -0.138. The first kappa shape index (κ1) is 16.9. The van der Waals surface area contributed by atoms with Crippen LogP contribution in [0.1, 0.15) is 10.4 Å². The van der Waals surface area contributed by atoms with Crippen molar-refractivity contribution in [2.75, 3.05) is 11.5 Å². The van der Waals surface area contributed by atoms with E-state index in [1.807, 2.05) is 0 Å². The van der Waals surface area contributed by atoms with Crippen molar-refractivity contribution in [2.45, 2.75) is 6.04 Å². The molecule has 1 unspecified atom stereocenters. The smallest absolute Gasteiger partial charge is 0.327 e. The van der Waals surface area contributed by atoms with Crippen LogP contribution in [0.15, 0.2) is 30.9 Å². The van der Waals surface area contributed by atoms with Gasteiger partial charge in [0.15, 0.2) is 0 Å². The van der Waals surface area contributed by atoms with Gasteiger partial charge in [-0.1, -0.05) is 35.3 Å². The highest BCUT2D eigenvalue weighted by atomic mass is 35.5. The van der Waals surface area contributed by atoms with Crippen molar-refractivity contribution in [2.24, 2.45) is 0 Å². The van der Waals surface area contributed by atoms with Crippen LogP contribution in [0.4, 0.5) is 0 Å². The fourth-order valence-electron chi connectivity index (χ4n) is 1.39. The second-order valence-electron chi connectivity index (χ2n) is 3.79. The molecule has 7 heteroatoms. The van der Waals surface area contributed by atoms with E-state index in [9.17, 15) is 9.59 Å². The van der Waals surface area contributed by atoms with Crippen LogP contribution >= 0.6 is 35.0 Å². The third-order valence-corrected chi connectivity index (χ3v) is 3.98. The molecule has 1 amide bonds. The Kier molecular flexibility index (Phi) is 6.91. The Morgan fingerprint density at radius 2 is 2.00 bits per heavy atom. The summed E-state index contributed by atoms with van der Waals surface area (Å²) in [5, 5.41) is 11.9. The molecule has 108 valence electrons. The number of amides is 1. The zero-order valence-corrected chi connectivity index (χ0v) is 12.8. The number of hydrogen-bond acceptors (Lipinski definition) is 3. The first-order valence-corrected chi connectivity index (χ1v) is 7.54. The maximum atomic E-state index is 12.1. The molecule has 0 spiro atoms. The van der Waals surface area contributed by atoms with Crippen molar-refractivity contribution >= 4 is 46.8 Å².